The highest BCUT2D eigenvalue weighted by molar-refractivity contribution is 5.81. The maximum Gasteiger partial charge on any atom is 0.417 e. The average Bonchev–Trinajstić information content (AvgIpc) is 2.59. The largest absolute Gasteiger partial charge is 0.417 e. The van der Waals surface area contributed by atoms with Crippen LogP contribution in [0.2, 0.25) is 0 Å². The normalized spacial score (nSPS) is 16.6. The standard InChI is InChI=1S/C14H14F3N3O/c1-19-5-2-6-20(9-13(19)21)11-4-3-10(8-18)12(7-11)14(15,16)17/h3-4,7H,2,5-6,9H2,1H3. The van der Waals surface area contributed by atoms with Crippen molar-refractivity contribution >= 4 is 11.6 Å². The Balaban J connectivity index is 2.37. The molecule has 112 valence electrons. The van der Waals surface area contributed by atoms with E-state index in [4.69, 9.17) is 5.26 Å². The molecule has 0 aliphatic carbocycles. The number of amides is 1. The second-order valence-electron chi connectivity index (χ2n) is 4.93. The third-order valence-electron chi connectivity index (χ3n) is 3.47. The summed E-state index contributed by atoms with van der Waals surface area (Å²) < 4.78 is 38.9. The van der Waals surface area contributed by atoms with Crippen LogP contribution in [-0.4, -0.2) is 37.5 Å². The number of alkyl halides is 3. The van der Waals surface area contributed by atoms with Crippen molar-refractivity contribution in [3.05, 3.63) is 29.3 Å². The van der Waals surface area contributed by atoms with Gasteiger partial charge in [0.15, 0.2) is 0 Å². The second-order valence-corrected chi connectivity index (χ2v) is 4.93. The topological polar surface area (TPSA) is 47.3 Å². The van der Waals surface area contributed by atoms with Crippen LogP contribution in [0.3, 0.4) is 0 Å². The molecule has 7 heteroatoms. The van der Waals surface area contributed by atoms with Crippen LogP contribution in [-0.2, 0) is 11.0 Å². The van der Waals surface area contributed by atoms with Crippen LogP contribution < -0.4 is 4.90 Å². The quantitative estimate of drug-likeness (QED) is 0.798. The summed E-state index contributed by atoms with van der Waals surface area (Å²) in [6.07, 6.45) is -3.91. The van der Waals surface area contributed by atoms with Crippen molar-refractivity contribution in [3.8, 4) is 6.07 Å². The third-order valence-corrected chi connectivity index (χ3v) is 3.47. The van der Waals surface area contributed by atoms with Gasteiger partial charge in [-0.2, -0.15) is 18.4 Å². The molecule has 21 heavy (non-hydrogen) atoms. The molecule has 1 amide bonds. The van der Waals surface area contributed by atoms with Crippen LogP contribution in [0.25, 0.3) is 0 Å². The number of carbonyl (C=O) groups is 1. The summed E-state index contributed by atoms with van der Waals surface area (Å²) in [4.78, 5) is 15.0. The Labute approximate surface area is 120 Å². The average molecular weight is 297 g/mol. The fourth-order valence-electron chi connectivity index (χ4n) is 2.27. The van der Waals surface area contributed by atoms with Crippen LogP contribution in [0.1, 0.15) is 17.5 Å². The maximum absolute atomic E-state index is 13.0. The Morgan fingerprint density at radius 3 is 2.62 bits per heavy atom. The first kappa shape index (κ1) is 15.2. The summed E-state index contributed by atoms with van der Waals surface area (Å²) in [5.74, 6) is -0.134. The molecule has 1 aromatic rings. The minimum Gasteiger partial charge on any atom is -0.362 e. The Hall–Kier alpha value is -2.23. The van der Waals surface area contributed by atoms with E-state index in [0.29, 0.717) is 25.2 Å². The molecule has 0 N–H and O–H groups in total. The van der Waals surface area contributed by atoms with Crippen molar-refractivity contribution in [1.82, 2.24) is 4.90 Å². The molecular formula is C14H14F3N3O. The molecule has 0 saturated carbocycles. The fourth-order valence-corrected chi connectivity index (χ4v) is 2.27. The van der Waals surface area contributed by atoms with Crippen molar-refractivity contribution in [2.45, 2.75) is 12.6 Å². The van der Waals surface area contributed by atoms with Crippen molar-refractivity contribution in [2.75, 3.05) is 31.6 Å². The third kappa shape index (κ3) is 3.27. The van der Waals surface area contributed by atoms with Gasteiger partial charge in [-0.1, -0.05) is 0 Å². The number of nitriles is 1. The van der Waals surface area contributed by atoms with E-state index in [-0.39, 0.29) is 12.5 Å². The van der Waals surface area contributed by atoms with Crippen LogP contribution in [0.4, 0.5) is 18.9 Å². The summed E-state index contributed by atoms with van der Waals surface area (Å²) in [5.41, 5.74) is -1.07. The number of rotatable bonds is 1. The summed E-state index contributed by atoms with van der Waals surface area (Å²) in [6.45, 7) is 1.12. The lowest BCUT2D eigenvalue weighted by Crippen LogP contribution is -2.34. The molecule has 0 atom stereocenters. The SMILES string of the molecule is CN1CCCN(c2ccc(C#N)c(C(F)(F)F)c2)CC1=O. The van der Waals surface area contributed by atoms with E-state index in [1.165, 1.54) is 6.07 Å². The highest BCUT2D eigenvalue weighted by Crippen LogP contribution is 2.34. The van der Waals surface area contributed by atoms with Gasteiger partial charge in [-0.3, -0.25) is 4.79 Å². The lowest BCUT2D eigenvalue weighted by atomic mass is 10.1. The number of anilines is 1. The van der Waals surface area contributed by atoms with E-state index in [1.54, 1.807) is 22.9 Å². The smallest absolute Gasteiger partial charge is 0.362 e. The first-order valence-corrected chi connectivity index (χ1v) is 6.43. The summed E-state index contributed by atoms with van der Waals surface area (Å²) >= 11 is 0. The zero-order valence-electron chi connectivity index (χ0n) is 11.4. The summed E-state index contributed by atoms with van der Waals surface area (Å²) in [5, 5.41) is 8.78. The van der Waals surface area contributed by atoms with Gasteiger partial charge in [0.25, 0.3) is 0 Å². The monoisotopic (exact) mass is 297 g/mol. The first-order chi connectivity index (χ1) is 9.82. The van der Waals surface area contributed by atoms with Crippen molar-refractivity contribution in [1.29, 1.82) is 5.26 Å². The Kier molecular flexibility index (Phi) is 4.07. The van der Waals surface area contributed by atoms with Gasteiger partial charge in [0.1, 0.15) is 0 Å². The molecule has 0 bridgehead atoms. The molecule has 4 nitrogen and oxygen atoms in total. The lowest BCUT2D eigenvalue weighted by Gasteiger charge is -2.23. The molecule has 2 rings (SSSR count). The molecule has 1 aliphatic rings. The van der Waals surface area contributed by atoms with Crippen LogP contribution >= 0.6 is 0 Å². The van der Waals surface area contributed by atoms with E-state index in [9.17, 15) is 18.0 Å². The summed E-state index contributed by atoms with van der Waals surface area (Å²) in [6, 6.07) is 5.09. The van der Waals surface area contributed by atoms with Gasteiger partial charge >= 0.3 is 6.18 Å². The Morgan fingerprint density at radius 1 is 1.29 bits per heavy atom. The number of hydrogen-bond acceptors (Lipinski definition) is 3. The van der Waals surface area contributed by atoms with E-state index < -0.39 is 17.3 Å². The van der Waals surface area contributed by atoms with Gasteiger partial charge in [-0.25, -0.2) is 0 Å². The number of halogens is 3. The van der Waals surface area contributed by atoms with Crippen LogP contribution in [0, 0.1) is 11.3 Å². The van der Waals surface area contributed by atoms with Gasteiger partial charge in [-0.05, 0) is 24.6 Å². The van der Waals surface area contributed by atoms with Gasteiger partial charge in [0.05, 0.1) is 23.7 Å². The number of benzene rings is 1. The molecule has 1 aromatic carbocycles. The van der Waals surface area contributed by atoms with Gasteiger partial charge in [0.2, 0.25) is 5.91 Å². The lowest BCUT2D eigenvalue weighted by molar-refractivity contribution is -0.137. The van der Waals surface area contributed by atoms with Crippen molar-refractivity contribution in [2.24, 2.45) is 0 Å². The highest BCUT2D eigenvalue weighted by Gasteiger charge is 2.34. The fraction of sp³-hybridized carbons (Fsp3) is 0.429. The zero-order chi connectivity index (χ0) is 15.6. The van der Waals surface area contributed by atoms with Gasteiger partial charge in [0, 0.05) is 25.8 Å². The number of likely N-dealkylation sites (N-methyl/N-ethyl adjacent to an activating group) is 1. The van der Waals surface area contributed by atoms with E-state index in [2.05, 4.69) is 0 Å². The Morgan fingerprint density at radius 2 is 2.00 bits per heavy atom. The van der Waals surface area contributed by atoms with E-state index in [0.717, 1.165) is 12.1 Å². The van der Waals surface area contributed by atoms with Crippen LogP contribution in [0.15, 0.2) is 18.2 Å². The Bertz CT molecular complexity index is 592. The molecule has 1 fully saturated rings. The van der Waals surface area contributed by atoms with E-state index in [1.807, 2.05) is 0 Å². The molecular weight excluding hydrogens is 283 g/mol. The zero-order valence-corrected chi connectivity index (χ0v) is 11.4. The van der Waals surface area contributed by atoms with Gasteiger partial charge in [-0.15, -0.1) is 0 Å². The van der Waals surface area contributed by atoms with Gasteiger partial charge < -0.3 is 9.80 Å². The number of nitrogens with zero attached hydrogens (tertiary/aromatic N) is 3. The predicted molar refractivity (Wildman–Crippen MR) is 70.6 cm³/mol. The molecule has 0 radical (unpaired) electrons. The molecule has 1 aliphatic heterocycles. The number of carbonyl (C=O) groups excluding carboxylic acids is 1. The minimum absolute atomic E-state index is 0.0414. The number of hydrogen-bond donors (Lipinski definition) is 0. The van der Waals surface area contributed by atoms with Crippen molar-refractivity contribution < 1.29 is 18.0 Å². The summed E-state index contributed by atoms with van der Waals surface area (Å²) in [7, 11) is 1.67. The van der Waals surface area contributed by atoms with Crippen LogP contribution in [0.5, 0.6) is 0 Å². The molecule has 0 spiro atoms. The second kappa shape index (κ2) is 5.64. The predicted octanol–water partition coefficient (Wildman–Crippen LogP) is 2.25. The highest BCUT2D eigenvalue weighted by atomic mass is 19.4. The minimum atomic E-state index is -4.59. The van der Waals surface area contributed by atoms with E-state index >= 15 is 0 Å². The van der Waals surface area contributed by atoms with Crippen molar-refractivity contribution in [3.63, 3.8) is 0 Å². The molecule has 1 saturated heterocycles. The molecule has 0 aromatic heterocycles. The molecule has 1 heterocycles. The molecule has 0 unspecified atom stereocenters. The maximum atomic E-state index is 13.0. The first-order valence-electron chi connectivity index (χ1n) is 6.43.